The normalized spacial score (nSPS) is 15.8. The van der Waals surface area contributed by atoms with E-state index in [4.69, 9.17) is 9.84 Å². The fourth-order valence-corrected chi connectivity index (χ4v) is 1.36. The maximum absolute atomic E-state index is 12.3. The van der Waals surface area contributed by atoms with Crippen molar-refractivity contribution < 1.29 is 50.5 Å². The van der Waals surface area contributed by atoms with Crippen molar-refractivity contribution in [1.29, 1.82) is 0 Å². The molecule has 0 aliphatic carbocycles. The third-order valence-electron chi connectivity index (χ3n) is 5.05. The fraction of sp³-hybridized carbons (Fsp3) is 0.900. The average Bonchev–Trinajstić information content (AvgIpc) is 2.59. The Kier molecular flexibility index (Phi) is 11.6. The van der Waals surface area contributed by atoms with Crippen LogP contribution in [0.25, 0.3) is 0 Å². The van der Waals surface area contributed by atoms with Crippen LogP contribution in [0.15, 0.2) is 0 Å². The lowest BCUT2D eigenvalue weighted by atomic mass is 9.90. The van der Waals surface area contributed by atoms with Gasteiger partial charge >= 0.3 is 24.3 Å². The quantitative estimate of drug-likeness (QED) is 0.372. The Bertz CT molecular complexity index is 580. The number of hydrogen-bond donors (Lipinski definition) is 1. The van der Waals surface area contributed by atoms with Crippen LogP contribution in [0.2, 0.25) is 0 Å². The fourth-order valence-electron chi connectivity index (χ4n) is 1.36. The zero-order chi connectivity index (χ0) is 25.5. The molecule has 11 heteroatoms. The maximum atomic E-state index is 12.3. The van der Waals surface area contributed by atoms with Gasteiger partial charge in [0.15, 0.2) is 11.7 Å². The van der Waals surface area contributed by atoms with Gasteiger partial charge in [0.1, 0.15) is 0 Å². The molecule has 0 aromatic rings. The second-order valence-corrected chi connectivity index (χ2v) is 8.72. The highest BCUT2D eigenvalue weighted by Crippen LogP contribution is 2.33. The van der Waals surface area contributed by atoms with Crippen molar-refractivity contribution in [2.24, 2.45) is 10.8 Å². The molecule has 5 nitrogen and oxygen atoms in total. The molecule has 2 unspecified atom stereocenters. The maximum Gasteiger partial charge on any atom is 0.425 e. The molecule has 1 N–H and O–H groups in total. The van der Waals surface area contributed by atoms with Crippen LogP contribution >= 0.6 is 0 Å². The van der Waals surface area contributed by atoms with E-state index in [2.05, 4.69) is 4.74 Å². The number of ether oxygens (including phenoxy) is 2. The summed E-state index contributed by atoms with van der Waals surface area (Å²) in [6, 6.07) is 0. The van der Waals surface area contributed by atoms with E-state index in [9.17, 15) is 35.9 Å². The Hall–Kier alpha value is -1.52. The smallest absolute Gasteiger partial charge is 0.425 e. The highest BCUT2D eigenvalue weighted by atomic mass is 19.4. The van der Waals surface area contributed by atoms with Crippen molar-refractivity contribution >= 4 is 11.9 Å². The highest BCUT2D eigenvalue weighted by Gasteiger charge is 2.49. The number of carbonyl (C=O) groups excluding carboxylic acids is 2. The number of carbonyl (C=O) groups is 2. The molecule has 0 aliphatic heterocycles. The third-order valence-corrected chi connectivity index (χ3v) is 5.05. The number of aliphatic hydroxyl groups is 1. The minimum atomic E-state index is -4.72. The van der Waals surface area contributed by atoms with Gasteiger partial charge in [-0.25, -0.2) is 0 Å². The Morgan fingerprint density at radius 2 is 1.23 bits per heavy atom. The average molecular weight is 468 g/mol. The number of esters is 2. The number of halogens is 6. The SMILES string of the molecule is CCC(C)(C)C(=O)OC(C)C(F)(F)F.CCC(C)(C)C(=O)OCCC(C)(O)C(F)(F)F. The first-order valence-electron chi connectivity index (χ1n) is 9.79. The molecule has 0 aromatic carbocycles. The zero-order valence-corrected chi connectivity index (χ0v) is 19.3. The van der Waals surface area contributed by atoms with Gasteiger partial charge in [0.05, 0.1) is 17.4 Å². The second kappa shape index (κ2) is 11.4. The third kappa shape index (κ3) is 11.1. The molecular weight excluding hydrogens is 434 g/mol. The Morgan fingerprint density at radius 3 is 1.55 bits per heavy atom. The largest absolute Gasteiger partial charge is 0.465 e. The van der Waals surface area contributed by atoms with Crippen molar-refractivity contribution in [2.75, 3.05) is 6.61 Å². The summed E-state index contributed by atoms with van der Waals surface area (Å²) in [4.78, 5) is 22.7. The summed E-state index contributed by atoms with van der Waals surface area (Å²) in [6.45, 7) is 10.9. The Balaban J connectivity index is 0. The molecule has 0 spiro atoms. The molecule has 186 valence electrons. The van der Waals surface area contributed by atoms with Crippen LogP contribution in [0.1, 0.15) is 74.7 Å². The monoisotopic (exact) mass is 468 g/mol. The van der Waals surface area contributed by atoms with Crippen molar-refractivity contribution in [2.45, 2.75) is 98.7 Å². The van der Waals surface area contributed by atoms with Crippen LogP contribution < -0.4 is 0 Å². The summed E-state index contributed by atoms with van der Waals surface area (Å²) in [5, 5.41) is 9.11. The Morgan fingerprint density at radius 1 is 0.839 bits per heavy atom. The van der Waals surface area contributed by atoms with E-state index >= 15 is 0 Å². The summed E-state index contributed by atoms with van der Waals surface area (Å²) in [7, 11) is 0. The van der Waals surface area contributed by atoms with Crippen molar-refractivity contribution in [3.8, 4) is 0 Å². The van der Waals surface area contributed by atoms with Gasteiger partial charge in [0, 0.05) is 6.42 Å². The zero-order valence-electron chi connectivity index (χ0n) is 19.3. The van der Waals surface area contributed by atoms with Gasteiger partial charge in [-0.3, -0.25) is 9.59 Å². The lowest BCUT2D eigenvalue weighted by molar-refractivity contribution is -0.257. The molecule has 0 fully saturated rings. The van der Waals surface area contributed by atoms with Gasteiger partial charge in [0.25, 0.3) is 0 Å². The van der Waals surface area contributed by atoms with E-state index in [1.165, 1.54) is 0 Å². The molecule has 0 aromatic heterocycles. The van der Waals surface area contributed by atoms with Crippen LogP contribution in [-0.4, -0.2) is 47.7 Å². The molecule has 0 saturated heterocycles. The molecule has 0 radical (unpaired) electrons. The van der Waals surface area contributed by atoms with Crippen LogP contribution in [0.5, 0.6) is 0 Å². The van der Waals surface area contributed by atoms with Crippen LogP contribution in [0, 0.1) is 10.8 Å². The predicted molar refractivity (Wildman–Crippen MR) is 102 cm³/mol. The number of alkyl halides is 6. The van der Waals surface area contributed by atoms with Gasteiger partial charge in [-0.15, -0.1) is 0 Å². The topological polar surface area (TPSA) is 72.8 Å². The second-order valence-electron chi connectivity index (χ2n) is 8.72. The highest BCUT2D eigenvalue weighted by molar-refractivity contribution is 5.76. The standard InChI is InChI=1S/C11H19F3O3.C9H15F3O2/c1-5-9(2,3)8(15)17-7-6-10(4,16)11(12,13)14;1-5-8(3,4)7(13)14-6(2)9(10,11)12/h16H,5-7H2,1-4H3;6H,5H2,1-4H3. The molecule has 0 aliphatic rings. The first-order chi connectivity index (χ1) is 13.5. The van der Waals surface area contributed by atoms with E-state index in [1.54, 1.807) is 41.5 Å². The summed E-state index contributed by atoms with van der Waals surface area (Å²) in [5.41, 5.74) is -4.41. The molecular formula is C20H34F6O5. The first-order valence-corrected chi connectivity index (χ1v) is 9.79. The van der Waals surface area contributed by atoms with E-state index in [-0.39, 0.29) is 0 Å². The minimum Gasteiger partial charge on any atom is -0.465 e. The van der Waals surface area contributed by atoms with Crippen molar-refractivity contribution in [3.05, 3.63) is 0 Å². The van der Waals surface area contributed by atoms with Gasteiger partial charge in [-0.1, -0.05) is 13.8 Å². The summed E-state index contributed by atoms with van der Waals surface area (Å²) in [5.74, 6) is -1.37. The summed E-state index contributed by atoms with van der Waals surface area (Å²) in [6.07, 6.45) is -10.9. The van der Waals surface area contributed by atoms with Gasteiger partial charge in [-0.05, 0) is 54.4 Å². The molecule has 31 heavy (non-hydrogen) atoms. The lowest BCUT2D eigenvalue weighted by Crippen LogP contribution is -2.43. The number of rotatable bonds is 8. The number of hydrogen-bond acceptors (Lipinski definition) is 5. The molecule has 0 heterocycles. The molecule has 0 amide bonds. The molecule has 0 bridgehead atoms. The summed E-state index contributed by atoms with van der Waals surface area (Å²) >= 11 is 0. The van der Waals surface area contributed by atoms with Crippen LogP contribution in [0.4, 0.5) is 26.3 Å². The first kappa shape index (κ1) is 31.7. The molecule has 0 saturated carbocycles. The minimum absolute atomic E-state index is 0.441. The lowest BCUT2D eigenvalue weighted by Gasteiger charge is -2.27. The van der Waals surface area contributed by atoms with E-state index in [0.29, 0.717) is 19.8 Å². The predicted octanol–water partition coefficient (Wildman–Crippen LogP) is 5.59. The van der Waals surface area contributed by atoms with E-state index < -0.39 is 59.9 Å². The van der Waals surface area contributed by atoms with Crippen LogP contribution in [-0.2, 0) is 19.1 Å². The Labute approximate surface area is 179 Å². The molecule has 0 rings (SSSR count). The van der Waals surface area contributed by atoms with E-state index in [1.807, 2.05) is 0 Å². The van der Waals surface area contributed by atoms with Gasteiger partial charge < -0.3 is 14.6 Å². The van der Waals surface area contributed by atoms with Crippen molar-refractivity contribution in [3.63, 3.8) is 0 Å². The van der Waals surface area contributed by atoms with E-state index in [0.717, 1.165) is 6.92 Å². The van der Waals surface area contributed by atoms with Crippen molar-refractivity contribution in [1.82, 2.24) is 0 Å². The summed E-state index contributed by atoms with van der Waals surface area (Å²) < 4.78 is 81.9. The van der Waals surface area contributed by atoms with Gasteiger partial charge in [-0.2, -0.15) is 26.3 Å². The molecule has 2 atom stereocenters. The van der Waals surface area contributed by atoms with Gasteiger partial charge in [0.2, 0.25) is 0 Å². The van der Waals surface area contributed by atoms with Crippen LogP contribution in [0.3, 0.4) is 0 Å².